The second-order valence-electron chi connectivity index (χ2n) is 14.8. The van der Waals surface area contributed by atoms with Crippen LogP contribution in [0.2, 0.25) is 0 Å². The van der Waals surface area contributed by atoms with Crippen LogP contribution in [-0.4, -0.2) is 29.1 Å². The fraction of sp³-hybridized carbons (Fsp3) is 0.125. The minimum Gasteiger partial charge on any atom is -0.311 e. The van der Waals surface area contributed by atoms with Crippen LogP contribution in [0, 0.1) is 13.8 Å². The van der Waals surface area contributed by atoms with Crippen molar-refractivity contribution in [2.75, 3.05) is 0 Å². The minimum absolute atomic E-state index is 0.951. The minimum atomic E-state index is 0.951. The van der Waals surface area contributed by atoms with Crippen LogP contribution >= 0.6 is 0 Å². The van der Waals surface area contributed by atoms with E-state index >= 15 is 0 Å². The van der Waals surface area contributed by atoms with Gasteiger partial charge >= 0.3 is 0 Å². The number of allylic oxidation sites excluding steroid dienone is 1. The Labute approximate surface area is 313 Å². The summed E-state index contributed by atoms with van der Waals surface area (Å²) in [6.45, 7) is 4.37. The first-order valence-corrected chi connectivity index (χ1v) is 18.8. The van der Waals surface area contributed by atoms with Gasteiger partial charge in [0.2, 0.25) is 0 Å². The number of aromatic nitrogens is 6. The number of aryl methyl sites for hydroxylation is 4. The third-order valence-electron chi connectivity index (χ3n) is 11.8. The molecule has 0 fully saturated rings. The number of benzene rings is 3. The molecule has 6 nitrogen and oxygen atoms in total. The molecule has 0 amide bonds. The van der Waals surface area contributed by atoms with Gasteiger partial charge in [-0.3, -0.25) is 19.9 Å². The van der Waals surface area contributed by atoms with Crippen LogP contribution < -0.4 is 0 Å². The lowest BCUT2D eigenvalue weighted by atomic mass is 9.83. The molecule has 6 heterocycles. The van der Waals surface area contributed by atoms with Crippen molar-refractivity contribution < 1.29 is 0 Å². The molecule has 11 rings (SSSR count). The van der Waals surface area contributed by atoms with Gasteiger partial charge in [0.15, 0.2) is 0 Å². The Hall–Kier alpha value is -6.66. The summed E-state index contributed by atoms with van der Waals surface area (Å²) in [5.41, 5.74) is 21.2. The highest BCUT2D eigenvalue weighted by Gasteiger charge is 2.27. The molecule has 0 saturated heterocycles. The normalized spacial score (nSPS) is 13.6. The molecular formula is C48H36N6. The van der Waals surface area contributed by atoms with Crippen LogP contribution in [0.4, 0.5) is 0 Å². The summed E-state index contributed by atoms with van der Waals surface area (Å²) in [6, 6.07) is 29.3. The average molecular weight is 697 g/mol. The van der Waals surface area contributed by atoms with Crippen LogP contribution in [-0.2, 0) is 19.3 Å². The summed E-state index contributed by atoms with van der Waals surface area (Å²) >= 11 is 0. The first kappa shape index (κ1) is 30.9. The number of nitrogens with zero attached hydrogens (tertiary/aromatic N) is 6. The Morgan fingerprint density at radius 1 is 0.481 bits per heavy atom. The molecular weight excluding hydrogens is 661 g/mol. The standard InChI is InChI=1S/C48H36N6/c1-29-13-17-51-27-47(29)53-43-11-9-31(35-5-3-15-49-25-35)19-39(43)41-21-33-7-8-34-22-42-40-20-32(36-6-4-16-50-26-36)10-12-44(40)54(48-28-52-18-14-30(48)2)46(42)24-38(34)37(33)23-45(41)53/h3-6,9,11,13-28H,7-8,10,12H2,1-2H3. The maximum atomic E-state index is 4.61. The molecule has 6 heteroatoms. The van der Waals surface area contributed by atoms with Gasteiger partial charge in [-0.05, 0) is 156 Å². The van der Waals surface area contributed by atoms with Crippen LogP contribution in [0.3, 0.4) is 0 Å². The largest absolute Gasteiger partial charge is 0.311 e. The second kappa shape index (κ2) is 11.9. The first-order valence-electron chi connectivity index (χ1n) is 18.8. The Kier molecular flexibility index (Phi) is 6.83. The van der Waals surface area contributed by atoms with Crippen molar-refractivity contribution in [3.05, 3.63) is 168 Å². The van der Waals surface area contributed by atoms with Gasteiger partial charge in [0.1, 0.15) is 0 Å². The van der Waals surface area contributed by atoms with E-state index in [4.69, 9.17) is 0 Å². The van der Waals surface area contributed by atoms with Crippen molar-refractivity contribution in [1.29, 1.82) is 0 Å². The maximum absolute atomic E-state index is 4.61. The molecule has 0 atom stereocenters. The quantitative estimate of drug-likeness (QED) is 0.184. The molecule has 54 heavy (non-hydrogen) atoms. The van der Waals surface area contributed by atoms with E-state index in [9.17, 15) is 0 Å². The van der Waals surface area contributed by atoms with Crippen molar-refractivity contribution in [3.8, 4) is 33.6 Å². The van der Waals surface area contributed by atoms with Gasteiger partial charge in [0, 0.05) is 70.2 Å². The summed E-state index contributed by atoms with van der Waals surface area (Å²) < 4.78 is 4.91. The second-order valence-corrected chi connectivity index (χ2v) is 14.8. The van der Waals surface area contributed by atoms with Gasteiger partial charge in [-0.25, -0.2) is 0 Å². The van der Waals surface area contributed by atoms with Gasteiger partial charge in [-0.2, -0.15) is 0 Å². The van der Waals surface area contributed by atoms with E-state index in [1.54, 1.807) is 0 Å². The van der Waals surface area contributed by atoms with E-state index in [1.165, 1.54) is 94.0 Å². The first-order chi connectivity index (χ1) is 26.6. The lowest BCUT2D eigenvalue weighted by molar-refractivity contribution is 0.889. The van der Waals surface area contributed by atoms with E-state index in [0.717, 1.165) is 42.6 Å². The highest BCUT2D eigenvalue weighted by atomic mass is 15.0. The molecule has 258 valence electrons. The van der Waals surface area contributed by atoms with E-state index < -0.39 is 0 Å². The highest BCUT2D eigenvalue weighted by molar-refractivity contribution is 6.12. The van der Waals surface area contributed by atoms with Crippen molar-refractivity contribution in [2.24, 2.45) is 0 Å². The van der Waals surface area contributed by atoms with E-state index in [-0.39, 0.29) is 0 Å². The smallest absolute Gasteiger partial charge is 0.0674 e. The predicted molar refractivity (Wildman–Crippen MR) is 219 cm³/mol. The molecule has 6 aromatic heterocycles. The number of hydrogen-bond donors (Lipinski definition) is 0. The number of fused-ring (bicyclic) bond motifs is 9. The SMILES string of the molecule is Cc1ccncc1-n1c2c(c3cc4c(cc31)-c1cc3c(cc1CC4)c1cc(-c4cccnc4)ccc1n3-c1cnccc1C)C=C(c1cccnc1)CC2. The van der Waals surface area contributed by atoms with Crippen LogP contribution in [0.5, 0.6) is 0 Å². The zero-order valence-corrected chi connectivity index (χ0v) is 30.2. The van der Waals surface area contributed by atoms with E-state index in [2.05, 4.69) is 116 Å². The van der Waals surface area contributed by atoms with Gasteiger partial charge < -0.3 is 9.13 Å². The molecule has 9 aromatic rings. The summed E-state index contributed by atoms with van der Waals surface area (Å²) in [7, 11) is 0. The lowest BCUT2D eigenvalue weighted by Crippen LogP contribution is -2.07. The number of pyridine rings is 4. The van der Waals surface area contributed by atoms with Crippen LogP contribution in [0.15, 0.2) is 128 Å². The summed E-state index contributed by atoms with van der Waals surface area (Å²) in [6.07, 6.45) is 21.7. The molecule has 0 aliphatic heterocycles. The zero-order valence-electron chi connectivity index (χ0n) is 30.2. The van der Waals surface area contributed by atoms with Gasteiger partial charge in [-0.1, -0.05) is 18.2 Å². The molecule has 3 aromatic carbocycles. The van der Waals surface area contributed by atoms with Gasteiger partial charge in [0.25, 0.3) is 0 Å². The molecule has 0 N–H and O–H groups in total. The Balaban J connectivity index is 1.18. The maximum Gasteiger partial charge on any atom is 0.0674 e. The van der Waals surface area contributed by atoms with Crippen molar-refractivity contribution in [2.45, 2.75) is 39.5 Å². The Bertz CT molecular complexity index is 3000. The summed E-state index contributed by atoms with van der Waals surface area (Å²) in [5, 5.41) is 3.81. The fourth-order valence-electron chi connectivity index (χ4n) is 9.06. The Morgan fingerprint density at radius 3 is 1.76 bits per heavy atom. The number of rotatable bonds is 4. The molecule has 0 radical (unpaired) electrons. The summed E-state index contributed by atoms with van der Waals surface area (Å²) in [4.78, 5) is 18.1. The van der Waals surface area contributed by atoms with E-state index in [1.807, 2.05) is 61.7 Å². The van der Waals surface area contributed by atoms with Crippen molar-refractivity contribution in [1.82, 2.24) is 29.1 Å². The molecule has 2 aliphatic rings. The zero-order chi connectivity index (χ0) is 35.9. The summed E-state index contributed by atoms with van der Waals surface area (Å²) in [5.74, 6) is 0. The van der Waals surface area contributed by atoms with Crippen LogP contribution in [0.25, 0.3) is 78.0 Å². The molecule has 2 aliphatic carbocycles. The average Bonchev–Trinajstić information content (AvgIpc) is 3.71. The van der Waals surface area contributed by atoms with Crippen molar-refractivity contribution in [3.63, 3.8) is 0 Å². The van der Waals surface area contributed by atoms with Gasteiger partial charge in [-0.15, -0.1) is 0 Å². The third-order valence-corrected chi connectivity index (χ3v) is 11.8. The molecule has 0 saturated carbocycles. The lowest BCUT2D eigenvalue weighted by Gasteiger charge is -2.22. The van der Waals surface area contributed by atoms with Gasteiger partial charge in [0.05, 0.1) is 40.3 Å². The number of hydrogen-bond acceptors (Lipinski definition) is 4. The molecule has 0 spiro atoms. The predicted octanol–water partition coefficient (Wildman–Crippen LogP) is 10.8. The van der Waals surface area contributed by atoms with E-state index in [0.29, 0.717) is 0 Å². The monoisotopic (exact) mass is 696 g/mol. The molecule has 0 unspecified atom stereocenters. The fourth-order valence-corrected chi connectivity index (χ4v) is 9.06. The topological polar surface area (TPSA) is 61.4 Å². The van der Waals surface area contributed by atoms with Crippen LogP contribution in [0.1, 0.15) is 45.5 Å². The third kappa shape index (κ3) is 4.66. The highest BCUT2D eigenvalue weighted by Crippen LogP contribution is 2.46. The Morgan fingerprint density at radius 2 is 1.09 bits per heavy atom. The molecule has 0 bridgehead atoms. The van der Waals surface area contributed by atoms with Crippen molar-refractivity contribution >= 4 is 44.4 Å².